The van der Waals surface area contributed by atoms with Gasteiger partial charge in [-0.25, -0.2) is 0 Å². The van der Waals surface area contributed by atoms with Gasteiger partial charge in [-0.15, -0.1) is 0 Å². The number of nitrogens with one attached hydrogen (secondary N) is 1. The summed E-state index contributed by atoms with van der Waals surface area (Å²) in [7, 11) is 0. The van der Waals surface area contributed by atoms with E-state index in [9.17, 15) is 15.0 Å². The summed E-state index contributed by atoms with van der Waals surface area (Å²) in [6, 6.07) is 5.90. The smallest absolute Gasteiger partial charge is 0.234 e. The topological polar surface area (TPSA) is 72.8 Å². The molecule has 6 heteroatoms. The second kappa shape index (κ2) is 6.16. The van der Waals surface area contributed by atoms with Crippen molar-refractivity contribution in [2.45, 2.75) is 50.5 Å². The Morgan fingerprint density at radius 2 is 2.13 bits per heavy atom. The molecule has 0 radical (unpaired) electrons. The predicted octanol–water partition coefficient (Wildman–Crippen LogP) is 1.89. The van der Waals surface area contributed by atoms with E-state index >= 15 is 0 Å². The first-order valence-electron chi connectivity index (χ1n) is 7.98. The number of aliphatic hydroxyl groups is 2. The van der Waals surface area contributed by atoms with E-state index in [1.807, 2.05) is 18.2 Å². The number of halogens is 1. The first-order chi connectivity index (χ1) is 10.7. The summed E-state index contributed by atoms with van der Waals surface area (Å²) in [4.78, 5) is 14.0. The van der Waals surface area contributed by atoms with E-state index in [-0.39, 0.29) is 24.4 Å². The summed E-state index contributed by atoms with van der Waals surface area (Å²) in [6.45, 7) is 4.69. The maximum atomic E-state index is 12.2. The molecule has 126 valence electrons. The molecule has 1 amide bonds. The van der Waals surface area contributed by atoms with Gasteiger partial charge in [0.25, 0.3) is 0 Å². The Hall–Kier alpha value is -0.950. The van der Waals surface area contributed by atoms with Crippen LogP contribution in [0.3, 0.4) is 0 Å². The van der Waals surface area contributed by atoms with Gasteiger partial charge in [0.05, 0.1) is 12.1 Å². The summed E-state index contributed by atoms with van der Waals surface area (Å²) < 4.78 is 0.999. The molecule has 0 aromatic heterocycles. The van der Waals surface area contributed by atoms with Crippen molar-refractivity contribution in [2.24, 2.45) is 0 Å². The van der Waals surface area contributed by atoms with Crippen LogP contribution in [0.25, 0.3) is 0 Å². The van der Waals surface area contributed by atoms with E-state index in [4.69, 9.17) is 0 Å². The molecule has 5 nitrogen and oxygen atoms in total. The quantitative estimate of drug-likeness (QED) is 0.746. The number of hydrogen-bond donors (Lipinski definition) is 3. The number of aliphatic hydroxyl groups excluding tert-OH is 1. The Morgan fingerprint density at radius 1 is 1.43 bits per heavy atom. The SMILES string of the molecule is C[C@@H]1CN(CC(=O)NC2CC(C)(O)C2)C(O)c2ccc(Br)cc21. The summed E-state index contributed by atoms with van der Waals surface area (Å²) in [5, 5.41) is 23.2. The van der Waals surface area contributed by atoms with Crippen LogP contribution in [0.1, 0.15) is 50.0 Å². The molecule has 1 aliphatic heterocycles. The first-order valence-corrected chi connectivity index (χ1v) is 8.78. The van der Waals surface area contributed by atoms with Crippen LogP contribution in [0.15, 0.2) is 22.7 Å². The highest BCUT2D eigenvalue weighted by atomic mass is 79.9. The van der Waals surface area contributed by atoms with Crippen LogP contribution < -0.4 is 5.32 Å². The molecule has 1 aromatic carbocycles. The summed E-state index contributed by atoms with van der Waals surface area (Å²) in [5.74, 6) is 0.153. The molecule has 1 fully saturated rings. The number of amides is 1. The van der Waals surface area contributed by atoms with Crippen LogP contribution in [0.5, 0.6) is 0 Å². The lowest BCUT2D eigenvalue weighted by Gasteiger charge is -2.42. The minimum Gasteiger partial charge on any atom is -0.390 e. The number of hydrogen-bond acceptors (Lipinski definition) is 4. The zero-order valence-corrected chi connectivity index (χ0v) is 15.0. The number of rotatable bonds is 3. The lowest BCUT2D eigenvalue weighted by Crippen LogP contribution is -2.55. The number of carbonyl (C=O) groups is 1. The van der Waals surface area contributed by atoms with Gasteiger partial charge < -0.3 is 15.5 Å². The second-order valence-corrected chi connectivity index (χ2v) is 8.06. The molecule has 1 unspecified atom stereocenters. The van der Waals surface area contributed by atoms with E-state index in [1.54, 1.807) is 11.8 Å². The van der Waals surface area contributed by atoms with E-state index in [2.05, 4.69) is 28.2 Å². The lowest BCUT2D eigenvalue weighted by molar-refractivity contribution is -0.129. The molecule has 0 bridgehead atoms. The van der Waals surface area contributed by atoms with Crippen LogP contribution in [0.2, 0.25) is 0 Å². The minimum atomic E-state index is -0.760. The summed E-state index contributed by atoms with van der Waals surface area (Å²) in [5.41, 5.74) is 1.34. The average Bonchev–Trinajstić information content (AvgIpc) is 2.42. The van der Waals surface area contributed by atoms with Gasteiger partial charge >= 0.3 is 0 Å². The molecule has 1 aromatic rings. The van der Waals surface area contributed by atoms with Crippen molar-refractivity contribution in [1.82, 2.24) is 10.2 Å². The van der Waals surface area contributed by atoms with E-state index in [1.165, 1.54) is 0 Å². The van der Waals surface area contributed by atoms with Crippen molar-refractivity contribution in [1.29, 1.82) is 0 Å². The van der Waals surface area contributed by atoms with Gasteiger partial charge in [-0.2, -0.15) is 0 Å². The molecular formula is C17H23BrN2O3. The molecule has 2 atom stereocenters. The van der Waals surface area contributed by atoms with Crippen molar-refractivity contribution in [3.05, 3.63) is 33.8 Å². The molecule has 1 aliphatic carbocycles. The van der Waals surface area contributed by atoms with Crippen molar-refractivity contribution in [2.75, 3.05) is 13.1 Å². The van der Waals surface area contributed by atoms with Crippen molar-refractivity contribution >= 4 is 21.8 Å². The van der Waals surface area contributed by atoms with Gasteiger partial charge in [-0.3, -0.25) is 9.69 Å². The molecule has 3 rings (SSSR count). The third-order valence-corrected chi connectivity index (χ3v) is 5.29. The lowest BCUT2D eigenvalue weighted by atomic mass is 9.77. The number of benzene rings is 1. The maximum absolute atomic E-state index is 12.2. The Bertz CT molecular complexity index is 612. The molecule has 3 N–H and O–H groups in total. The number of fused-ring (bicyclic) bond motifs is 1. The van der Waals surface area contributed by atoms with Crippen LogP contribution in [-0.4, -0.2) is 45.8 Å². The van der Waals surface area contributed by atoms with Gasteiger partial charge in [0.15, 0.2) is 0 Å². The molecule has 2 aliphatic rings. The molecule has 23 heavy (non-hydrogen) atoms. The highest BCUT2D eigenvalue weighted by Crippen LogP contribution is 2.36. The Morgan fingerprint density at radius 3 is 2.78 bits per heavy atom. The van der Waals surface area contributed by atoms with Gasteiger partial charge in [-0.1, -0.05) is 28.9 Å². The van der Waals surface area contributed by atoms with Crippen LogP contribution >= 0.6 is 15.9 Å². The van der Waals surface area contributed by atoms with Crippen molar-refractivity contribution in [3.63, 3.8) is 0 Å². The zero-order valence-electron chi connectivity index (χ0n) is 13.4. The minimum absolute atomic E-state index is 0.0418. The van der Waals surface area contributed by atoms with Crippen LogP contribution in [0.4, 0.5) is 0 Å². The Balaban J connectivity index is 1.63. The van der Waals surface area contributed by atoms with Gasteiger partial charge in [0.1, 0.15) is 6.23 Å². The molecule has 1 heterocycles. The zero-order chi connectivity index (χ0) is 16.8. The molecule has 0 spiro atoms. The largest absolute Gasteiger partial charge is 0.390 e. The standard InChI is InChI=1S/C17H23BrN2O3/c1-10-8-20(9-15(21)19-12-6-17(2,23)7-12)16(22)13-4-3-11(18)5-14(10)13/h3-5,10,12,16,22-23H,6-9H2,1-2H3,(H,19,21)/t10-,12?,16?,17?/m1/s1. The average molecular weight is 383 g/mol. The van der Waals surface area contributed by atoms with Crippen molar-refractivity contribution in [3.8, 4) is 0 Å². The summed E-state index contributed by atoms with van der Waals surface area (Å²) >= 11 is 3.46. The first kappa shape index (κ1) is 16.9. The van der Waals surface area contributed by atoms with E-state index < -0.39 is 11.8 Å². The van der Waals surface area contributed by atoms with Crippen molar-refractivity contribution < 1.29 is 15.0 Å². The molecular weight excluding hydrogens is 360 g/mol. The van der Waals surface area contributed by atoms with Gasteiger partial charge in [-0.05, 0) is 48.9 Å². The fourth-order valence-electron chi connectivity index (χ4n) is 3.67. The second-order valence-electron chi connectivity index (χ2n) is 7.15. The molecule has 1 saturated carbocycles. The number of nitrogens with zero attached hydrogens (tertiary/aromatic N) is 1. The van der Waals surface area contributed by atoms with E-state index in [0.717, 1.165) is 15.6 Å². The third kappa shape index (κ3) is 3.60. The molecule has 0 saturated heterocycles. The van der Waals surface area contributed by atoms with Gasteiger partial charge in [0, 0.05) is 17.1 Å². The fraction of sp³-hybridized carbons (Fsp3) is 0.588. The van der Waals surface area contributed by atoms with Crippen LogP contribution in [-0.2, 0) is 4.79 Å². The highest BCUT2D eigenvalue weighted by Gasteiger charge is 2.39. The normalized spacial score (nSPS) is 33.7. The maximum Gasteiger partial charge on any atom is 0.234 e. The monoisotopic (exact) mass is 382 g/mol. The predicted molar refractivity (Wildman–Crippen MR) is 90.9 cm³/mol. The number of carbonyl (C=O) groups excluding carboxylic acids is 1. The highest BCUT2D eigenvalue weighted by molar-refractivity contribution is 9.10. The van der Waals surface area contributed by atoms with Gasteiger partial charge in [0.2, 0.25) is 5.91 Å². The Labute approximate surface area is 144 Å². The van der Waals surface area contributed by atoms with Crippen LogP contribution in [0, 0.1) is 0 Å². The fourth-order valence-corrected chi connectivity index (χ4v) is 4.05. The summed E-state index contributed by atoms with van der Waals surface area (Å²) in [6.07, 6.45) is 0.424. The third-order valence-electron chi connectivity index (χ3n) is 4.80. The van der Waals surface area contributed by atoms with E-state index in [0.29, 0.717) is 19.4 Å². The Kier molecular flexibility index (Phi) is 4.53.